The van der Waals surface area contributed by atoms with Gasteiger partial charge in [-0.2, -0.15) is 5.01 Å². The van der Waals surface area contributed by atoms with Gasteiger partial charge >= 0.3 is 0 Å². The van der Waals surface area contributed by atoms with Crippen molar-refractivity contribution >= 4 is 69.4 Å². The first-order valence-corrected chi connectivity index (χ1v) is 9.18. The Morgan fingerprint density at radius 1 is 1.31 bits per heavy atom. The molecule has 2 amide bonds. The summed E-state index contributed by atoms with van der Waals surface area (Å²) in [6.45, 7) is 0. The molecule has 1 N–H and O–H groups in total. The highest BCUT2D eigenvalue weighted by atomic mass is 35.5. The van der Waals surface area contributed by atoms with Crippen LogP contribution in [-0.4, -0.2) is 21.1 Å². The van der Waals surface area contributed by atoms with Crippen LogP contribution in [0.3, 0.4) is 0 Å². The van der Waals surface area contributed by atoms with Crippen LogP contribution in [0.2, 0.25) is 10.0 Å². The summed E-state index contributed by atoms with van der Waals surface area (Å²) in [5.41, 5.74) is 2.65. The Bertz CT molecular complexity index is 939. The lowest BCUT2D eigenvalue weighted by molar-refractivity contribution is -0.123. The van der Waals surface area contributed by atoms with Gasteiger partial charge < -0.3 is 4.42 Å². The summed E-state index contributed by atoms with van der Waals surface area (Å²) in [6.07, 6.45) is 6.53. The lowest BCUT2D eigenvalue weighted by Gasteiger charge is -2.16. The summed E-state index contributed by atoms with van der Waals surface area (Å²) in [5, 5.41) is 1.60. The molecule has 5 nitrogen and oxygen atoms in total. The van der Waals surface area contributed by atoms with Crippen LogP contribution in [0.4, 0.5) is 0 Å². The Morgan fingerprint density at radius 2 is 2.12 bits per heavy atom. The largest absolute Gasteiger partial charge is 0.465 e. The zero-order valence-electron chi connectivity index (χ0n) is 12.9. The molecule has 0 radical (unpaired) electrons. The van der Waals surface area contributed by atoms with Crippen molar-refractivity contribution in [1.82, 2.24) is 10.4 Å². The molecule has 9 heteroatoms. The van der Waals surface area contributed by atoms with Crippen LogP contribution in [-0.2, 0) is 4.79 Å². The lowest BCUT2D eigenvalue weighted by Crippen LogP contribution is -2.44. The van der Waals surface area contributed by atoms with Crippen LogP contribution in [0.5, 0.6) is 0 Å². The van der Waals surface area contributed by atoms with Crippen molar-refractivity contribution in [1.29, 1.82) is 0 Å². The number of carbonyl (C=O) groups is 2. The molecule has 1 fully saturated rings. The van der Waals surface area contributed by atoms with E-state index in [0.29, 0.717) is 15.7 Å². The summed E-state index contributed by atoms with van der Waals surface area (Å²) < 4.78 is 5.38. The van der Waals surface area contributed by atoms with E-state index in [4.69, 9.17) is 39.8 Å². The van der Waals surface area contributed by atoms with Crippen molar-refractivity contribution in [3.05, 3.63) is 75.0 Å². The number of rotatable bonds is 4. The van der Waals surface area contributed by atoms with Gasteiger partial charge in [0.05, 0.1) is 21.8 Å². The molecule has 0 bridgehead atoms. The number of nitrogens with one attached hydrogen (secondary N) is 1. The fourth-order valence-corrected chi connectivity index (χ4v) is 3.66. The van der Waals surface area contributed by atoms with Crippen molar-refractivity contribution in [3.63, 3.8) is 0 Å². The number of hydrazine groups is 1. The van der Waals surface area contributed by atoms with Gasteiger partial charge in [0.25, 0.3) is 11.8 Å². The van der Waals surface area contributed by atoms with Crippen LogP contribution in [0.15, 0.2) is 58.1 Å². The first-order chi connectivity index (χ1) is 12.5. The molecule has 1 aromatic heterocycles. The van der Waals surface area contributed by atoms with Gasteiger partial charge in [-0.25, -0.2) is 0 Å². The molecule has 2 aromatic rings. The minimum Gasteiger partial charge on any atom is -0.465 e. The fraction of sp³-hybridized carbons (Fsp3) is 0. The number of hydrogen-bond acceptors (Lipinski definition) is 5. The van der Waals surface area contributed by atoms with Crippen LogP contribution in [0, 0.1) is 0 Å². The maximum absolute atomic E-state index is 12.4. The number of nitrogens with zero attached hydrogens (tertiary/aromatic N) is 1. The Balaban J connectivity index is 1.71. The highest BCUT2D eigenvalue weighted by Crippen LogP contribution is 2.30. The average molecular weight is 425 g/mol. The van der Waals surface area contributed by atoms with E-state index in [1.54, 1.807) is 36.6 Å². The van der Waals surface area contributed by atoms with Gasteiger partial charge in [-0.3, -0.25) is 15.0 Å². The quantitative estimate of drug-likeness (QED) is 0.569. The number of halogens is 2. The Labute approximate surface area is 168 Å². The zero-order chi connectivity index (χ0) is 18.7. The SMILES string of the molecule is O=C(NN1C(=O)C(=CC=Cc2ccco2)SC1=S)c1ccc(Cl)cc1Cl. The summed E-state index contributed by atoms with van der Waals surface area (Å²) in [4.78, 5) is 25.2. The van der Waals surface area contributed by atoms with Gasteiger partial charge in [0.2, 0.25) is 0 Å². The molecule has 0 aliphatic carbocycles. The Hall–Kier alpha value is -2.06. The van der Waals surface area contributed by atoms with E-state index in [0.717, 1.165) is 16.8 Å². The maximum atomic E-state index is 12.4. The number of hydrogen-bond donors (Lipinski definition) is 1. The van der Waals surface area contributed by atoms with Crippen molar-refractivity contribution in [2.75, 3.05) is 0 Å². The number of allylic oxidation sites excluding steroid dienone is 2. The maximum Gasteiger partial charge on any atom is 0.285 e. The van der Waals surface area contributed by atoms with E-state index in [2.05, 4.69) is 5.43 Å². The van der Waals surface area contributed by atoms with E-state index in [9.17, 15) is 9.59 Å². The average Bonchev–Trinajstić information content (AvgIpc) is 3.19. The van der Waals surface area contributed by atoms with E-state index >= 15 is 0 Å². The lowest BCUT2D eigenvalue weighted by atomic mass is 10.2. The molecule has 0 unspecified atom stereocenters. The first-order valence-electron chi connectivity index (χ1n) is 7.20. The molecule has 0 atom stereocenters. The molecular formula is C17H10Cl2N2O3S2. The monoisotopic (exact) mass is 424 g/mol. The van der Waals surface area contributed by atoms with Gasteiger partial charge in [-0.05, 0) is 54.7 Å². The fourth-order valence-electron chi connectivity index (χ4n) is 2.03. The van der Waals surface area contributed by atoms with Crippen molar-refractivity contribution in [3.8, 4) is 0 Å². The molecule has 132 valence electrons. The molecule has 1 aromatic carbocycles. The topological polar surface area (TPSA) is 62.6 Å². The minimum absolute atomic E-state index is 0.178. The predicted molar refractivity (Wildman–Crippen MR) is 107 cm³/mol. The number of amides is 2. The van der Waals surface area contributed by atoms with Crippen molar-refractivity contribution in [2.24, 2.45) is 0 Å². The van der Waals surface area contributed by atoms with Crippen molar-refractivity contribution in [2.45, 2.75) is 0 Å². The van der Waals surface area contributed by atoms with Gasteiger partial charge in [0.15, 0.2) is 4.32 Å². The molecule has 1 aliphatic rings. The predicted octanol–water partition coefficient (Wildman–Crippen LogP) is 4.69. The van der Waals surface area contributed by atoms with E-state index in [1.165, 1.54) is 18.2 Å². The smallest absolute Gasteiger partial charge is 0.285 e. The van der Waals surface area contributed by atoms with E-state index < -0.39 is 11.8 Å². The molecule has 0 spiro atoms. The Kier molecular flexibility index (Phi) is 5.83. The van der Waals surface area contributed by atoms with Gasteiger partial charge in [-0.1, -0.05) is 41.0 Å². The summed E-state index contributed by atoms with van der Waals surface area (Å²) in [6, 6.07) is 8.00. The molecule has 1 saturated heterocycles. The van der Waals surface area contributed by atoms with Crippen LogP contribution in [0.1, 0.15) is 16.1 Å². The Morgan fingerprint density at radius 3 is 2.81 bits per heavy atom. The minimum atomic E-state index is -0.560. The second kappa shape index (κ2) is 8.09. The third-order valence-electron chi connectivity index (χ3n) is 3.23. The van der Waals surface area contributed by atoms with Crippen LogP contribution >= 0.6 is 47.2 Å². The van der Waals surface area contributed by atoms with E-state index in [1.807, 2.05) is 0 Å². The van der Waals surface area contributed by atoms with Gasteiger partial charge in [0.1, 0.15) is 5.76 Å². The molecule has 1 aliphatic heterocycles. The summed E-state index contributed by atoms with van der Waals surface area (Å²) in [7, 11) is 0. The van der Waals surface area contributed by atoms with Crippen LogP contribution < -0.4 is 5.43 Å². The highest BCUT2D eigenvalue weighted by molar-refractivity contribution is 8.26. The number of thioether (sulfide) groups is 1. The van der Waals surface area contributed by atoms with Gasteiger partial charge in [0, 0.05) is 5.02 Å². The third-order valence-corrected chi connectivity index (χ3v) is 5.10. The highest BCUT2D eigenvalue weighted by Gasteiger charge is 2.33. The van der Waals surface area contributed by atoms with Gasteiger partial charge in [-0.15, -0.1) is 0 Å². The molecule has 26 heavy (non-hydrogen) atoms. The molecule has 3 rings (SSSR count). The summed E-state index contributed by atoms with van der Waals surface area (Å²) >= 11 is 18.1. The normalized spacial score (nSPS) is 16.1. The number of benzene rings is 1. The first kappa shape index (κ1) is 18.7. The molecular weight excluding hydrogens is 415 g/mol. The second-order valence-corrected chi connectivity index (χ2v) is 7.50. The number of thiocarbonyl (C=S) groups is 1. The number of carbonyl (C=O) groups excluding carboxylic acids is 2. The third kappa shape index (κ3) is 4.19. The van der Waals surface area contributed by atoms with E-state index in [-0.39, 0.29) is 14.9 Å². The van der Waals surface area contributed by atoms with Crippen LogP contribution in [0.25, 0.3) is 6.08 Å². The zero-order valence-corrected chi connectivity index (χ0v) is 16.1. The summed E-state index contributed by atoms with van der Waals surface area (Å²) in [5.74, 6) is -0.333. The number of furan rings is 1. The molecule has 0 saturated carbocycles. The second-order valence-electron chi connectivity index (χ2n) is 4.98. The van der Waals surface area contributed by atoms with Crippen molar-refractivity contribution < 1.29 is 14.0 Å². The standard InChI is InChI=1S/C17H10Cl2N2O3S2/c18-10-6-7-12(13(19)9-10)15(22)20-21-16(23)14(26-17(21)25)5-1-3-11-4-2-8-24-11/h1-9H,(H,20,22). The molecule has 2 heterocycles.